The molecule has 6 heteroatoms. The summed E-state index contributed by atoms with van der Waals surface area (Å²) in [4.78, 5) is 18.6. The van der Waals surface area contributed by atoms with Crippen molar-refractivity contribution in [2.24, 2.45) is 0 Å². The molecule has 2 heterocycles. The van der Waals surface area contributed by atoms with Crippen LogP contribution in [0.3, 0.4) is 0 Å². The fraction of sp³-hybridized carbons (Fsp3) is 0.444. The zero-order chi connectivity index (χ0) is 16.8. The average Bonchev–Trinajstić information content (AvgIpc) is 3.00. The molecule has 3 rings (SSSR count). The van der Waals surface area contributed by atoms with Crippen LogP contribution in [0, 0.1) is 0 Å². The van der Waals surface area contributed by atoms with Crippen molar-refractivity contribution < 1.29 is 9.53 Å². The highest BCUT2D eigenvalue weighted by Crippen LogP contribution is 2.22. The molecule has 0 aliphatic carbocycles. The molecule has 0 bridgehead atoms. The van der Waals surface area contributed by atoms with Crippen LogP contribution in [-0.2, 0) is 17.9 Å². The van der Waals surface area contributed by atoms with E-state index in [0.717, 1.165) is 37.4 Å². The third-order valence-corrected chi connectivity index (χ3v) is 4.25. The van der Waals surface area contributed by atoms with E-state index < -0.39 is 0 Å². The van der Waals surface area contributed by atoms with Gasteiger partial charge in [0.25, 0.3) is 0 Å². The number of ether oxygens (including phenoxy) is 1. The van der Waals surface area contributed by atoms with E-state index in [1.165, 1.54) is 0 Å². The number of para-hydroxylation sites is 1. The van der Waals surface area contributed by atoms with Gasteiger partial charge in [0.15, 0.2) is 0 Å². The van der Waals surface area contributed by atoms with Gasteiger partial charge in [-0.05, 0) is 12.5 Å². The zero-order valence-electron chi connectivity index (χ0n) is 14.0. The first kappa shape index (κ1) is 16.5. The number of carbonyl (C=O) groups is 1. The van der Waals surface area contributed by atoms with E-state index >= 15 is 0 Å². The molecule has 1 N–H and O–H groups in total. The zero-order valence-corrected chi connectivity index (χ0v) is 14.0. The summed E-state index contributed by atoms with van der Waals surface area (Å²) in [7, 11) is 0. The second-order valence-electron chi connectivity index (χ2n) is 6.10. The SMILES string of the molecule is CCC(Cn1ccnc1)NC(=O)CN1CCOc2ccccc2C1. The molecule has 0 saturated heterocycles. The number of hydrogen-bond donors (Lipinski definition) is 1. The van der Waals surface area contributed by atoms with Gasteiger partial charge in [-0.1, -0.05) is 25.1 Å². The standard InChI is InChI=1S/C18H24N4O2/c1-2-16(12-22-8-7-19-14-22)20-18(23)13-21-9-10-24-17-6-4-3-5-15(17)11-21/h3-8,14,16H,2,9-13H2,1H3,(H,20,23). The predicted octanol–water partition coefficient (Wildman–Crippen LogP) is 1.67. The Hall–Kier alpha value is -2.34. The minimum Gasteiger partial charge on any atom is -0.492 e. The summed E-state index contributed by atoms with van der Waals surface area (Å²) in [6.07, 6.45) is 6.33. The van der Waals surface area contributed by atoms with Crippen LogP contribution < -0.4 is 10.1 Å². The molecule has 6 nitrogen and oxygen atoms in total. The fourth-order valence-electron chi connectivity index (χ4n) is 2.92. The van der Waals surface area contributed by atoms with Gasteiger partial charge in [-0.2, -0.15) is 0 Å². The van der Waals surface area contributed by atoms with Crippen LogP contribution >= 0.6 is 0 Å². The molecule has 128 valence electrons. The number of hydrogen-bond acceptors (Lipinski definition) is 4. The minimum atomic E-state index is 0.0568. The molecule has 1 amide bonds. The fourth-order valence-corrected chi connectivity index (χ4v) is 2.92. The summed E-state index contributed by atoms with van der Waals surface area (Å²) in [5.41, 5.74) is 1.13. The summed E-state index contributed by atoms with van der Waals surface area (Å²) >= 11 is 0. The van der Waals surface area contributed by atoms with E-state index in [1.807, 2.05) is 29.0 Å². The van der Waals surface area contributed by atoms with E-state index in [4.69, 9.17) is 4.74 Å². The first-order chi connectivity index (χ1) is 11.7. The van der Waals surface area contributed by atoms with Crippen LogP contribution in [0.25, 0.3) is 0 Å². The molecule has 0 spiro atoms. The lowest BCUT2D eigenvalue weighted by Gasteiger charge is -2.22. The van der Waals surface area contributed by atoms with E-state index in [2.05, 4.69) is 28.2 Å². The molecule has 0 saturated carbocycles. The Morgan fingerprint density at radius 2 is 2.29 bits per heavy atom. The van der Waals surface area contributed by atoms with E-state index in [1.54, 1.807) is 12.5 Å². The van der Waals surface area contributed by atoms with Gasteiger partial charge in [0.2, 0.25) is 5.91 Å². The second kappa shape index (κ2) is 7.97. The van der Waals surface area contributed by atoms with Gasteiger partial charge in [-0.3, -0.25) is 9.69 Å². The molecular weight excluding hydrogens is 304 g/mol. The highest BCUT2D eigenvalue weighted by atomic mass is 16.5. The molecular formula is C18H24N4O2. The molecule has 1 aromatic heterocycles. The number of nitrogens with zero attached hydrogens (tertiary/aromatic N) is 3. The van der Waals surface area contributed by atoms with Crippen molar-refractivity contribution in [2.75, 3.05) is 19.7 Å². The number of aromatic nitrogens is 2. The number of nitrogens with one attached hydrogen (secondary N) is 1. The number of carbonyl (C=O) groups excluding carboxylic acids is 1. The summed E-state index contributed by atoms with van der Waals surface area (Å²) in [6, 6.07) is 8.13. The van der Waals surface area contributed by atoms with Crippen molar-refractivity contribution in [3.8, 4) is 5.75 Å². The van der Waals surface area contributed by atoms with Gasteiger partial charge in [0.05, 0.1) is 12.9 Å². The van der Waals surface area contributed by atoms with Crippen molar-refractivity contribution in [2.45, 2.75) is 32.5 Å². The molecule has 0 radical (unpaired) electrons. The first-order valence-electron chi connectivity index (χ1n) is 8.42. The van der Waals surface area contributed by atoms with Crippen LogP contribution in [0.5, 0.6) is 5.75 Å². The summed E-state index contributed by atoms with van der Waals surface area (Å²) in [5.74, 6) is 0.980. The van der Waals surface area contributed by atoms with Crippen molar-refractivity contribution in [3.63, 3.8) is 0 Å². The smallest absolute Gasteiger partial charge is 0.234 e. The molecule has 1 aliphatic heterocycles. The van der Waals surface area contributed by atoms with Gasteiger partial charge in [0, 0.05) is 43.6 Å². The Bertz CT molecular complexity index is 657. The van der Waals surface area contributed by atoms with Gasteiger partial charge in [-0.15, -0.1) is 0 Å². The Labute approximate surface area is 142 Å². The number of imidazole rings is 1. The van der Waals surface area contributed by atoms with Gasteiger partial charge >= 0.3 is 0 Å². The number of benzene rings is 1. The number of amides is 1. The van der Waals surface area contributed by atoms with E-state index in [-0.39, 0.29) is 11.9 Å². The molecule has 0 fully saturated rings. The summed E-state index contributed by atoms with van der Waals surface area (Å²) in [5, 5.41) is 3.13. The molecule has 2 aromatic rings. The predicted molar refractivity (Wildman–Crippen MR) is 91.7 cm³/mol. The molecule has 1 atom stereocenters. The van der Waals surface area contributed by atoms with Crippen molar-refractivity contribution >= 4 is 5.91 Å². The highest BCUT2D eigenvalue weighted by molar-refractivity contribution is 5.78. The molecule has 1 aromatic carbocycles. The Kier molecular flexibility index (Phi) is 5.48. The minimum absolute atomic E-state index is 0.0568. The van der Waals surface area contributed by atoms with E-state index in [0.29, 0.717) is 13.2 Å². The first-order valence-corrected chi connectivity index (χ1v) is 8.42. The quantitative estimate of drug-likeness (QED) is 0.876. The lowest BCUT2D eigenvalue weighted by atomic mass is 10.2. The number of fused-ring (bicyclic) bond motifs is 1. The largest absolute Gasteiger partial charge is 0.492 e. The van der Waals surface area contributed by atoms with Crippen molar-refractivity contribution in [3.05, 3.63) is 48.5 Å². The van der Waals surface area contributed by atoms with Crippen LogP contribution in [0.15, 0.2) is 43.0 Å². The lowest BCUT2D eigenvalue weighted by Crippen LogP contribution is -2.43. The van der Waals surface area contributed by atoms with Crippen LogP contribution in [0.2, 0.25) is 0 Å². The molecule has 24 heavy (non-hydrogen) atoms. The molecule has 1 unspecified atom stereocenters. The molecule has 1 aliphatic rings. The van der Waals surface area contributed by atoms with Crippen LogP contribution in [-0.4, -0.2) is 46.1 Å². The Balaban J connectivity index is 1.54. The Morgan fingerprint density at radius 3 is 3.08 bits per heavy atom. The average molecular weight is 328 g/mol. The topological polar surface area (TPSA) is 59.4 Å². The Morgan fingerprint density at radius 1 is 1.42 bits per heavy atom. The van der Waals surface area contributed by atoms with Crippen molar-refractivity contribution in [1.29, 1.82) is 0 Å². The van der Waals surface area contributed by atoms with Gasteiger partial charge < -0.3 is 14.6 Å². The highest BCUT2D eigenvalue weighted by Gasteiger charge is 2.18. The van der Waals surface area contributed by atoms with E-state index in [9.17, 15) is 4.79 Å². The van der Waals surface area contributed by atoms with Crippen LogP contribution in [0.4, 0.5) is 0 Å². The monoisotopic (exact) mass is 328 g/mol. The lowest BCUT2D eigenvalue weighted by molar-refractivity contribution is -0.123. The van der Waals surface area contributed by atoms with Gasteiger partial charge in [-0.25, -0.2) is 4.98 Å². The maximum Gasteiger partial charge on any atom is 0.234 e. The number of rotatable bonds is 6. The third kappa shape index (κ3) is 4.35. The van der Waals surface area contributed by atoms with Crippen molar-refractivity contribution in [1.82, 2.24) is 19.8 Å². The maximum absolute atomic E-state index is 12.4. The second-order valence-corrected chi connectivity index (χ2v) is 6.10. The summed E-state index contributed by atoms with van der Waals surface area (Å²) < 4.78 is 7.74. The maximum atomic E-state index is 12.4. The normalized spacial score (nSPS) is 15.9. The van der Waals surface area contributed by atoms with Crippen LogP contribution in [0.1, 0.15) is 18.9 Å². The summed E-state index contributed by atoms with van der Waals surface area (Å²) in [6.45, 7) is 5.31. The third-order valence-electron chi connectivity index (χ3n) is 4.25. The van der Waals surface area contributed by atoms with Gasteiger partial charge in [0.1, 0.15) is 12.4 Å².